The largest absolute Gasteiger partial charge is 0.155 e. The lowest BCUT2D eigenvalue weighted by molar-refractivity contribution is 0.106. The summed E-state index contributed by atoms with van der Waals surface area (Å²) in [6.07, 6.45) is 15.2. The number of rotatable bonds is 5. The number of thioether (sulfide) groups is 2. The standard InChI is InChI=1S/C39H70S2Si/c1-22(2)30-21-32-33(27-16-18-28(19-17-27)39(7,8)9)25(5)40-36(32)38(30)42(10,11)37-24(4)20-31-34(26(6)41-35(31)37)29-15-13-12-14-23(29)3/h22-38H,12-21H2,1-11H3. The predicted octanol–water partition coefficient (Wildman–Crippen LogP) is 12.3. The summed E-state index contributed by atoms with van der Waals surface area (Å²) in [4.78, 5) is 0. The van der Waals surface area contributed by atoms with Crippen molar-refractivity contribution in [2.24, 2.45) is 70.5 Å². The minimum atomic E-state index is -1.51. The molecule has 0 spiro atoms. The van der Waals surface area contributed by atoms with Crippen LogP contribution >= 0.6 is 23.5 Å². The van der Waals surface area contributed by atoms with E-state index in [-0.39, 0.29) is 0 Å². The quantitative estimate of drug-likeness (QED) is 0.277. The second-order valence-corrected chi connectivity index (χ2v) is 27.3. The first kappa shape index (κ1) is 32.8. The van der Waals surface area contributed by atoms with E-state index in [2.05, 4.69) is 98.9 Å². The molecule has 2 saturated heterocycles. The third-order valence-electron chi connectivity index (χ3n) is 15.4. The van der Waals surface area contributed by atoms with Crippen molar-refractivity contribution < 1.29 is 0 Å². The van der Waals surface area contributed by atoms with Crippen LogP contribution in [0.5, 0.6) is 0 Å². The van der Waals surface area contributed by atoms with Crippen molar-refractivity contribution in [3.05, 3.63) is 0 Å². The van der Waals surface area contributed by atoms with Crippen LogP contribution in [-0.4, -0.2) is 29.1 Å². The lowest BCUT2D eigenvalue weighted by Crippen LogP contribution is -2.48. The van der Waals surface area contributed by atoms with Crippen molar-refractivity contribution >= 4 is 31.6 Å². The van der Waals surface area contributed by atoms with Gasteiger partial charge in [-0.25, -0.2) is 0 Å². The molecular formula is C39H70S2Si. The van der Waals surface area contributed by atoms with Crippen LogP contribution in [0.4, 0.5) is 0 Å². The van der Waals surface area contributed by atoms with Gasteiger partial charge in [0, 0.05) is 21.0 Å². The summed E-state index contributed by atoms with van der Waals surface area (Å²) in [6, 6.07) is 0. The third-order valence-corrected chi connectivity index (χ3v) is 24.5. The highest BCUT2D eigenvalue weighted by Gasteiger charge is 2.65. The Hall–Kier alpha value is 0.917. The molecule has 6 fully saturated rings. The van der Waals surface area contributed by atoms with Crippen LogP contribution in [0.2, 0.25) is 24.2 Å². The third kappa shape index (κ3) is 5.60. The molecule has 0 bridgehead atoms. The first-order valence-electron chi connectivity index (χ1n) is 19.0. The van der Waals surface area contributed by atoms with Crippen molar-refractivity contribution in [3.8, 4) is 0 Å². The molecule has 0 aromatic carbocycles. The highest BCUT2D eigenvalue weighted by Crippen LogP contribution is 2.70. The van der Waals surface area contributed by atoms with Crippen LogP contribution in [-0.2, 0) is 0 Å². The van der Waals surface area contributed by atoms with Gasteiger partial charge in [-0.05, 0) is 127 Å². The molecule has 4 saturated carbocycles. The average Bonchev–Trinajstić information content (AvgIpc) is 3.60. The van der Waals surface area contributed by atoms with Gasteiger partial charge in [0.25, 0.3) is 0 Å². The van der Waals surface area contributed by atoms with E-state index in [0.717, 1.165) is 97.2 Å². The van der Waals surface area contributed by atoms with Gasteiger partial charge < -0.3 is 0 Å². The first-order valence-corrected chi connectivity index (χ1v) is 24.1. The average molecular weight is 631 g/mol. The molecule has 0 radical (unpaired) electrons. The Morgan fingerprint density at radius 1 is 0.643 bits per heavy atom. The lowest BCUT2D eigenvalue weighted by atomic mass is 9.65. The van der Waals surface area contributed by atoms with Crippen LogP contribution in [0.3, 0.4) is 0 Å². The van der Waals surface area contributed by atoms with E-state index in [9.17, 15) is 0 Å². The van der Waals surface area contributed by atoms with Crippen LogP contribution in [0.1, 0.15) is 127 Å². The normalized spacial score (nSPS) is 51.7. The maximum absolute atomic E-state index is 2.95. The Morgan fingerprint density at radius 2 is 1.21 bits per heavy atom. The zero-order valence-corrected chi connectivity index (χ0v) is 32.3. The van der Waals surface area contributed by atoms with Crippen LogP contribution in [0.25, 0.3) is 0 Å². The van der Waals surface area contributed by atoms with E-state index in [4.69, 9.17) is 0 Å². The van der Waals surface area contributed by atoms with E-state index >= 15 is 0 Å². The number of fused-ring (bicyclic) bond motifs is 2. The van der Waals surface area contributed by atoms with E-state index < -0.39 is 8.07 Å². The van der Waals surface area contributed by atoms with Gasteiger partial charge in [-0.15, -0.1) is 0 Å². The highest BCUT2D eigenvalue weighted by molar-refractivity contribution is 8.01. The lowest BCUT2D eigenvalue weighted by Gasteiger charge is -2.46. The molecule has 242 valence electrons. The summed E-state index contributed by atoms with van der Waals surface area (Å²) in [5.74, 6) is 10.8. The molecule has 3 heteroatoms. The monoisotopic (exact) mass is 630 g/mol. The van der Waals surface area contributed by atoms with E-state index in [1.807, 2.05) is 0 Å². The van der Waals surface area contributed by atoms with Gasteiger partial charge in [-0.1, -0.05) is 94.7 Å². The molecule has 14 unspecified atom stereocenters. The van der Waals surface area contributed by atoms with Crippen LogP contribution < -0.4 is 0 Å². The van der Waals surface area contributed by atoms with Crippen molar-refractivity contribution in [1.29, 1.82) is 0 Å². The number of hydrogen-bond donors (Lipinski definition) is 0. The molecule has 0 nitrogen and oxygen atoms in total. The van der Waals surface area contributed by atoms with Crippen LogP contribution in [0, 0.1) is 70.5 Å². The minimum absolute atomic E-state index is 0.500. The molecule has 2 heterocycles. The van der Waals surface area contributed by atoms with Gasteiger partial charge in [0.1, 0.15) is 0 Å². The van der Waals surface area contributed by atoms with Gasteiger partial charge in [0.05, 0.1) is 8.07 Å². The smallest absolute Gasteiger partial charge is 0.0564 e. The van der Waals surface area contributed by atoms with Crippen molar-refractivity contribution in [1.82, 2.24) is 0 Å². The molecule has 0 aromatic rings. The fourth-order valence-corrected chi connectivity index (χ4v) is 26.0. The molecule has 14 atom stereocenters. The second-order valence-electron chi connectivity index (χ2n) is 19.2. The Kier molecular flexibility index (Phi) is 9.52. The summed E-state index contributed by atoms with van der Waals surface area (Å²) in [6.45, 7) is 29.4. The maximum atomic E-state index is 2.95. The Bertz CT molecular complexity index is 929. The van der Waals surface area contributed by atoms with Crippen molar-refractivity contribution in [2.75, 3.05) is 0 Å². The summed E-state index contributed by atoms with van der Waals surface area (Å²) >= 11 is 5.06. The molecule has 0 N–H and O–H groups in total. The molecule has 0 amide bonds. The van der Waals surface area contributed by atoms with Gasteiger partial charge >= 0.3 is 0 Å². The molecule has 6 rings (SSSR count). The molecule has 6 aliphatic rings. The molecule has 2 aliphatic heterocycles. The summed E-state index contributed by atoms with van der Waals surface area (Å²) < 4.78 is 0. The zero-order chi connectivity index (χ0) is 30.3. The van der Waals surface area contributed by atoms with Gasteiger partial charge in [0.15, 0.2) is 0 Å². The maximum Gasteiger partial charge on any atom is 0.0564 e. The van der Waals surface area contributed by atoms with Crippen molar-refractivity contribution in [3.63, 3.8) is 0 Å². The van der Waals surface area contributed by atoms with Crippen molar-refractivity contribution in [2.45, 2.75) is 172 Å². The first-order chi connectivity index (χ1) is 19.7. The SMILES string of the molecule is CC(C)C1CC2C(SC(C)C2C2CCC(C(C)(C)C)CC2)C1[Si](C)(C)C1C(C)CC2C1SC(C)C2C1CCCCC1C. The highest BCUT2D eigenvalue weighted by atomic mass is 32.2. The number of hydrogen-bond acceptors (Lipinski definition) is 2. The fourth-order valence-electron chi connectivity index (χ4n) is 13.6. The molecular weight excluding hydrogens is 561 g/mol. The molecule has 0 aromatic heterocycles. The van der Waals surface area contributed by atoms with E-state index in [0.29, 0.717) is 5.41 Å². The predicted molar refractivity (Wildman–Crippen MR) is 193 cm³/mol. The van der Waals surface area contributed by atoms with Gasteiger partial charge in [-0.3, -0.25) is 0 Å². The van der Waals surface area contributed by atoms with E-state index in [1.165, 1.54) is 51.4 Å². The zero-order valence-electron chi connectivity index (χ0n) is 29.7. The Balaban J connectivity index is 1.23. The minimum Gasteiger partial charge on any atom is -0.155 e. The fraction of sp³-hybridized carbons (Fsp3) is 1.00. The van der Waals surface area contributed by atoms with Gasteiger partial charge in [-0.2, -0.15) is 23.5 Å². The Morgan fingerprint density at radius 3 is 1.81 bits per heavy atom. The summed E-state index contributed by atoms with van der Waals surface area (Å²) in [5, 5.41) is 3.75. The molecule has 42 heavy (non-hydrogen) atoms. The molecule has 4 aliphatic carbocycles. The topological polar surface area (TPSA) is 0 Å². The van der Waals surface area contributed by atoms with E-state index in [1.54, 1.807) is 12.8 Å². The van der Waals surface area contributed by atoms with Crippen LogP contribution in [0.15, 0.2) is 0 Å². The van der Waals surface area contributed by atoms with Gasteiger partial charge in [0.2, 0.25) is 0 Å². The Labute approximate surface area is 272 Å². The summed E-state index contributed by atoms with van der Waals surface area (Å²) in [5.41, 5.74) is 2.58. The second kappa shape index (κ2) is 12.2. The summed E-state index contributed by atoms with van der Waals surface area (Å²) in [7, 11) is -1.51.